The Kier molecular flexibility index (Phi) is 9.30. The average Bonchev–Trinajstić information content (AvgIpc) is 2.77. The molecule has 0 bridgehead atoms. The first-order chi connectivity index (χ1) is 18.1. The average molecular weight is 538 g/mol. The topological polar surface area (TPSA) is 108 Å². The summed E-state index contributed by atoms with van der Waals surface area (Å²) in [5.74, 6) is -0.554. The molecule has 0 heterocycles. The van der Waals surface area contributed by atoms with E-state index in [4.69, 9.17) is 4.74 Å². The van der Waals surface area contributed by atoms with Crippen LogP contribution in [0.5, 0.6) is 5.75 Å². The van der Waals surface area contributed by atoms with Crippen molar-refractivity contribution in [2.45, 2.75) is 103 Å². The summed E-state index contributed by atoms with van der Waals surface area (Å²) in [7, 11) is 0. The van der Waals surface area contributed by atoms with Gasteiger partial charge in [-0.15, -0.1) is 0 Å². The normalized spacial score (nSPS) is 15.5. The van der Waals surface area contributed by atoms with Gasteiger partial charge in [-0.1, -0.05) is 36.4 Å². The van der Waals surface area contributed by atoms with E-state index in [1.807, 2.05) is 51.1 Å². The Morgan fingerprint density at radius 2 is 1.67 bits per heavy atom. The van der Waals surface area contributed by atoms with Gasteiger partial charge in [0.25, 0.3) is 0 Å². The predicted molar refractivity (Wildman–Crippen MR) is 151 cm³/mol. The van der Waals surface area contributed by atoms with Gasteiger partial charge in [0.15, 0.2) is 0 Å². The van der Waals surface area contributed by atoms with Crippen LogP contribution >= 0.6 is 0 Å². The Balaban J connectivity index is 2.07. The lowest BCUT2D eigenvalue weighted by Crippen LogP contribution is -2.59. The Bertz CT molecular complexity index is 1160. The number of aryl methyl sites for hydroxylation is 1. The van der Waals surface area contributed by atoms with Gasteiger partial charge < -0.3 is 25.4 Å². The maximum Gasteiger partial charge on any atom is 0.408 e. The third kappa shape index (κ3) is 8.47. The van der Waals surface area contributed by atoms with Gasteiger partial charge in [-0.05, 0) is 96.6 Å². The summed E-state index contributed by atoms with van der Waals surface area (Å²) in [6, 6.07) is 12.4. The molecule has 3 amide bonds. The van der Waals surface area contributed by atoms with Gasteiger partial charge in [0.05, 0.1) is 0 Å². The van der Waals surface area contributed by atoms with Gasteiger partial charge in [0.1, 0.15) is 23.4 Å². The number of benzene rings is 2. The molecule has 212 valence electrons. The molecule has 0 aliphatic heterocycles. The van der Waals surface area contributed by atoms with Crippen molar-refractivity contribution in [3.05, 3.63) is 65.2 Å². The van der Waals surface area contributed by atoms with Crippen molar-refractivity contribution >= 4 is 17.9 Å². The summed E-state index contributed by atoms with van der Waals surface area (Å²) in [6.07, 6.45) is 2.00. The lowest BCUT2D eigenvalue weighted by atomic mass is 9.87. The minimum atomic E-state index is -0.953. The molecule has 3 rings (SSSR count). The van der Waals surface area contributed by atoms with Crippen LogP contribution in [-0.2, 0) is 20.7 Å². The molecule has 8 nitrogen and oxygen atoms in total. The number of hydrogen-bond donors (Lipinski definition) is 3. The molecule has 1 aliphatic rings. The van der Waals surface area contributed by atoms with Crippen LogP contribution in [0.2, 0.25) is 0 Å². The molecule has 0 aromatic heterocycles. The van der Waals surface area contributed by atoms with Gasteiger partial charge in [-0.3, -0.25) is 9.59 Å². The van der Waals surface area contributed by atoms with Crippen LogP contribution < -0.4 is 10.6 Å². The standard InChI is InChI=1S/C31H43N3O5/c1-20-18-22(16-17-25(20)35)26(27(36)33-30(2,3)4)34(23-14-11-15-23)28(37)24(19-21-12-9-8-10-13-21)32-29(38)39-31(5,6)7/h8-10,12-13,16-18,23-24,26,35H,11,14-15,19H2,1-7H3,(H,32,38)(H,33,36). The summed E-state index contributed by atoms with van der Waals surface area (Å²) >= 11 is 0. The first kappa shape index (κ1) is 30.0. The van der Waals surface area contributed by atoms with E-state index in [-0.39, 0.29) is 30.0 Å². The summed E-state index contributed by atoms with van der Waals surface area (Å²) in [6.45, 7) is 12.7. The van der Waals surface area contributed by atoms with E-state index >= 15 is 0 Å². The monoisotopic (exact) mass is 537 g/mol. The molecule has 0 spiro atoms. The number of nitrogens with zero attached hydrogens (tertiary/aromatic N) is 1. The number of carbonyl (C=O) groups excluding carboxylic acids is 3. The lowest BCUT2D eigenvalue weighted by molar-refractivity contribution is -0.148. The number of phenolic OH excluding ortho intramolecular Hbond substituents is 1. The minimum absolute atomic E-state index is 0.115. The van der Waals surface area contributed by atoms with Crippen LogP contribution in [0.15, 0.2) is 48.5 Å². The van der Waals surface area contributed by atoms with Crippen molar-refractivity contribution in [3.63, 3.8) is 0 Å². The van der Waals surface area contributed by atoms with E-state index in [9.17, 15) is 19.5 Å². The zero-order valence-corrected chi connectivity index (χ0v) is 24.2. The SMILES string of the molecule is Cc1cc(C(C(=O)NC(C)(C)C)N(C(=O)C(Cc2ccccc2)NC(=O)OC(C)(C)C)C2CCC2)ccc1O. The van der Waals surface area contributed by atoms with E-state index in [2.05, 4.69) is 10.6 Å². The second kappa shape index (κ2) is 12.1. The van der Waals surface area contributed by atoms with Crippen LogP contribution in [0.3, 0.4) is 0 Å². The molecule has 2 aromatic rings. The zero-order chi connectivity index (χ0) is 29.0. The van der Waals surface area contributed by atoms with Crippen molar-refractivity contribution in [2.24, 2.45) is 0 Å². The van der Waals surface area contributed by atoms with Crippen molar-refractivity contribution in [2.75, 3.05) is 0 Å². The molecular formula is C31H43N3O5. The summed E-state index contributed by atoms with van der Waals surface area (Å²) in [5, 5.41) is 16.0. The molecule has 1 saturated carbocycles. The highest BCUT2D eigenvalue weighted by molar-refractivity contribution is 5.93. The van der Waals surface area contributed by atoms with E-state index in [1.165, 1.54) is 0 Å². The number of hydrogen-bond acceptors (Lipinski definition) is 5. The Labute approximate surface area is 232 Å². The van der Waals surface area contributed by atoms with Crippen molar-refractivity contribution in [1.82, 2.24) is 15.5 Å². The molecule has 8 heteroatoms. The fraction of sp³-hybridized carbons (Fsp3) is 0.516. The van der Waals surface area contributed by atoms with Gasteiger partial charge in [-0.25, -0.2) is 4.79 Å². The maximum absolute atomic E-state index is 14.4. The number of carbonyl (C=O) groups is 3. The van der Waals surface area contributed by atoms with Crippen molar-refractivity contribution in [1.29, 1.82) is 0 Å². The van der Waals surface area contributed by atoms with Crippen molar-refractivity contribution < 1.29 is 24.2 Å². The smallest absolute Gasteiger partial charge is 0.408 e. The molecule has 2 unspecified atom stereocenters. The van der Waals surface area contributed by atoms with Crippen LogP contribution in [0.4, 0.5) is 4.79 Å². The first-order valence-electron chi connectivity index (χ1n) is 13.6. The quantitative estimate of drug-likeness (QED) is 0.430. The first-order valence-corrected chi connectivity index (χ1v) is 13.6. The number of phenols is 1. The van der Waals surface area contributed by atoms with Crippen LogP contribution in [0.1, 0.15) is 83.5 Å². The van der Waals surface area contributed by atoms with E-state index in [0.29, 0.717) is 11.1 Å². The molecule has 2 aromatic carbocycles. The predicted octanol–water partition coefficient (Wildman–Crippen LogP) is 5.17. The fourth-order valence-electron chi connectivity index (χ4n) is 4.59. The number of nitrogens with one attached hydrogen (secondary N) is 2. The van der Waals surface area contributed by atoms with Crippen molar-refractivity contribution in [3.8, 4) is 5.75 Å². The molecular weight excluding hydrogens is 494 g/mol. The van der Waals surface area contributed by atoms with E-state index < -0.39 is 29.3 Å². The largest absolute Gasteiger partial charge is 0.508 e. The molecule has 39 heavy (non-hydrogen) atoms. The van der Waals surface area contributed by atoms with Crippen LogP contribution in [0, 0.1) is 6.92 Å². The van der Waals surface area contributed by atoms with E-state index in [0.717, 1.165) is 24.8 Å². The van der Waals surface area contributed by atoms with Crippen LogP contribution in [-0.4, -0.2) is 51.1 Å². The highest BCUT2D eigenvalue weighted by Gasteiger charge is 2.42. The molecule has 1 aliphatic carbocycles. The van der Waals surface area contributed by atoms with Gasteiger partial charge >= 0.3 is 6.09 Å². The third-order valence-corrected chi connectivity index (χ3v) is 6.56. The number of alkyl carbamates (subject to hydrolysis) is 1. The minimum Gasteiger partial charge on any atom is -0.508 e. The maximum atomic E-state index is 14.4. The highest BCUT2D eigenvalue weighted by atomic mass is 16.6. The Morgan fingerprint density at radius 1 is 1.03 bits per heavy atom. The zero-order valence-electron chi connectivity index (χ0n) is 24.2. The van der Waals surface area contributed by atoms with Crippen LogP contribution in [0.25, 0.3) is 0 Å². The molecule has 3 N–H and O–H groups in total. The van der Waals surface area contributed by atoms with Gasteiger partial charge in [0, 0.05) is 18.0 Å². The summed E-state index contributed by atoms with van der Waals surface area (Å²) < 4.78 is 5.50. The number of aromatic hydroxyl groups is 1. The Hall–Kier alpha value is -3.55. The third-order valence-electron chi connectivity index (χ3n) is 6.56. The Morgan fingerprint density at radius 3 is 2.18 bits per heavy atom. The highest BCUT2D eigenvalue weighted by Crippen LogP contribution is 2.35. The molecule has 1 fully saturated rings. The molecule has 0 radical (unpaired) electrons. The summed E-state index contributed by atoms with van der Waals surface area (Å²) in [4.78, 5) is 42.8. The molecule has 0 saturated heterocycles. The number of ether oxygens (including phenoxy) is 1. The van der Waals surface area contributed by atoms with Gasteiger partial charge in [-0.2, -0.15) is 0 Å². The number of amides is 3. The second-order valence-corrected chi connectivity index (χ2v) is 12.4. The summed E-state index contributed by atoms with van der Waals surface area (Å²) in [5.41, 5.74) is 0.805. The second-order valence-electron chi connectivity index (χ2n) is 12.4. The fourth-order valence-corrected chi connectivity index (χ4v) is 4.59. The molecule has 2 atom stereocenters. The lowest BCUT2D eigenvalue weighted by Gasteiger charge is -2.44. The van der Waals surface area contributed by atoms with E-state index in [1.54, 1.807) is 50.8 Å². The number of rotatable bonds is 8. The van der Waals surface area contributed by atoms with Gasteiger partial charge in [0.2, 0.25) is 11.8 Å².